The standard InChI is InChI=1S/C23H25INO5/c1-28-21-8-6-20(7-9-21)24-19-4-2-18(3-5-19)12-14-29-16-17-30-15-13-25-22(26)10-11-23(25)27/h2-11H,12-17H2,1H3/q+1. The van der Waals surface area contributed by atoms with Gasteiger partial charge in [0.15, 0.2) is 7.14 Å². The highest BCUT2D eigenvalue weighted by Gasteiger charge is 2.22. The van der Waals surface area contributed by atoms with Gasteiger partial charge in [-0.25, -0.2) is 0 Å². The quantitative estimate of drug-likeness (QED) is 0.210. The zero-order valence-corrected chi connectivity index (χ0v) is 19.0. The molecule has 0 radical (unpaired) electrons. The highest BCUT2D eigenvalue weighted by molar-refractivity contribution is 6.12. The van der Waals surface area contributed by atoms with Crippen LogP contribution in [0.5, 0.6) is 5.75 Å². The minimum atomic E-state index is -0.281. The second-order valence-electron chi connectivity index (χ2n) is 6.52. The smallest absolute Gasteiger partial charge is 0.357 e. The first-order valence-electron chi connectivity index (χ1n) is 9.72. The van der Waals surface area contributed by atoms with Gasteiger partial charge in [0.1, 0.15) is 5.75 Å². The number of nitrogens with zero attached hydrogens (tertiary/aromatic N) is 1. The highest BCUT2D eigenvalue weighted by atomic mass is 127. The van der Waals surface area contributed by atoms with Crippen LogP contribution in [-0.2, 0) is 25.5 Å². The van der Waals surface area contributed by atoms with Gasteiger partial charge in [-0.2, -0.15) is 0 Å². The van der Waals surface area contributed by atoms with Crippen LogP contribution in [0, 0.1) is 7.14 Å². The van der Waals surface area contributed by atoms with Crippen LogP contribution >= 0.6 is 0 Å². The van der Waals surface area contributed by atoms with Crippen LogP contribution < -0.4 is 25.9 Å². The van der Waals surface area contributed by atoms with Crippen molar-refractivity contribution in [2.24, 2.45) is 0 Å². The Bertz CT molecular complexity index is 846. The first kappa shape index (κ1) is 22.5. The summed E-state index contributed by atoms with van der Waals surface area (Å²) in [5, 5.41) is 0. The Hall–Kier alpha value is -2.23. The number of hydrogen-bond acceptors (Lipinski definition) is 5. The van der Waals surface area contributed by atoms with Crippen LogP contribution in [-0.4, -0.2) is 56.8 Å². The maximum absolute atomic E-state index is 11.4. The van der Waals surface area contributed by atoms with E-state index in [-0.39, 0.29) is 39.6 Å². The fourth-order valence-electron chi connectivity index (χ4n) is 2.79. The van der Waals surface area contributed by atoms with E-state index in [4.69, 9.17) is 14.2 Å². The number of ether oxygens (including phenoxy) is 3. The predicted octanol–water partition coefficient (Wildman–Crippen LogP) is -0.676. The van der Waals surface area contributed by atoms with Crippen LogP contribution in [0.3, 0.4) is 0 Å². The number of methoxy groups -OCH3 is 1. The molecule has 0 aliphatic carbocycles. The molecule has 0 atom stereocenters. The van der Waals surface area contributed by atoms with Crippen molar-refractivity contribution in [1.29, 1.82) is 0 Å². The first-order chi connectivity index (χ1) is 14.7. The lowest BCUT2D eigenvalue weighted by Gasteiger charge is -2.13. The van der Waals surface area contributed by atoms with Gasteiger partial charge in [-0.05, 0) is 48.4 Å². The lowest BCUT2D eigenvalue weighted by Crippen LogP contribution is -3.61. The molecule has 0 bridgehead atoms. The molecule has 30 heavy (non-hydrogen) atoms. The maximum atomic E-state index is 11.4. The summed E-state index contributed by atoms with van der Waals surface area (Å²) in [5.74, 6) is 0.326. The Morgan fingerprint density at radius 2 is 1.33 bits per heavy atom. The first-order valence-corrected chi connectivity index (χ1v) is 11.9. The predicted molar refractivity (Wildman–Crippen MR) is 108 cm³/mol. The Morgan fingerprint density at radius 3 is 1.93 bits per heavy atom. The molecule has 0 spiro atoms. The lowest BCUT2D eigenvalue weighted by molar-refractivity contribution is -0.597. The Morgan fingerprint density at radius 1 is 0.767 bits per heavy atom. The van der Waals surface area contributed by atoms with Crippen molar-refractivity contribution in [1.82, 2.24) is 4.90 Å². The zero-order chi connectivity index (χ0) is 21.2. The third-order valence-electron chi connectivity index (χ3n) is 4.45. The molecule has 0 unspecified atom stereocenters. The fraction of sp³-hybridized carbons (Fsp3) is 0.304. The van der Waals surface area contributed by atoms with Crippen LogP contribution in [0.1, 0.15) is 5.56 Å². The average Bonchev–Trinajstić information content (AvgIpc) is 3.09. The molecule has 1 heterocycles. The topological polar surface area (TPSA) is 65.1 Å². The second kappa shape index (κ2) is 11.8. The largest absolute Gasteiger partial charge is 0.497 e. The SMILES string of the molecule is COc1ccc([I+]c2ccc(CCOCCOCCN3C(=O)C=CC3=O)cc2)cc1. The number of carbonyl (C=O) groups is 2. The summed E-state index contributed by atoms with van der Waals surface area (Å²) in [6, 6.07) is 17.0. The summed E-state index contributed by atoms with van der Waals surface area (Å²) in [6.45, 7) is 2.15. The molecule has 0 aromatic heterocycles. The van der Waals surface area contributed by atoms with E-state index in [0.29, 0.717) is 26.4 Å². The summed E-state index contributed by atoms with van der Waals surface area (Å²) >= 11 is -0.191. The molecule has 1 aliphatic heterocycles. The molecule has 6 nitrogen and oxygen atoms in total. The number of halogens is 1. The fourth-order valence-corrected chi connectivity index (χ4v) is 4.95. The van der Waals surface area contributed by atoms with E-state index in [9.17, 15) is 9.59 Å². The van der Waals surface area contributed by atoms with Crippen molar-refractivity contribution in [3.05, 3.63) is 73.4 Å². The Kier molecular flexibility index (Phi) is 8.85. The molecule has 2 aromatic carbocycles. The van der Waals surface area contributed by atoms with E-state index >= 15 is 0 Å². The van der Waals surface area contributed by atoms with E-state index in [2.05, 4.69) is 36.4 Å². The number of imide groups is 1. The minimum Gasteiger partial charge on any atom is -0.497 e. The molecule has 3 rings (SSSR count). The van der Waals surface area contributed by atoms with Crippen molar-refractivity contribution < 1.29 is 45.0 Å². The van der Waals surface area contributed by atoms with E-state index in [1.807, 2.05) is 12.1 Å². The lowest BCUT2D eigenvalue weighted by atomic mass is 10.2. The van der Waals surface area contributed by atoms with Gasteiger partial charge in [0.05, 0.1) is 40.1 Å². The summed E-state index contributed by atoms with van der Waals surface area (Å²) in [4.78, 5) is 24.0. The molecule has 7 heteroatoms. The highest BCUT2D eigenvalue weighted by Crippen LogP contribution is 2.06. The van der Waals surface area contributed by atoms with Crippen molar-refractivity contribution in [3.8, 4) is 5.75 Å². The van der Waals surface area contributed by atoms with Gasteiger partial charge >= 0.3 is 21.2 Å². The molecule has 0 N–H and O–H groups in total. The Labute approximate surface area is 187 Å². The van der Waals surface area contributed by atoms with E-state index in [1.165, 1.54) is 29.8 Å². The van der Waals surface area contributed by atoms with Gasteiger partial charge in [-0.3, -0.25) is 14.5 Å². The maximum Gasteiger partial charge on any atom is 0.357 e. The van der Waals surface area contributed by atoms with E-state index in [1.54, 1.807) is 7.11 Å². The third kappa shape index (κ3) is 6.93. The number of benzene rings is 2. The molecular weight excluding hydrogens is 497 g/mol. The van der Waals surface area contributed by atoms with Crippen LogP contribution in [0.15, 0.2) is 60.7 Å². The van der Waals surface area contributed by atoms with Crippen molar-refractivity contribution in [2.45, 2.75) is 6.42 Å². The normalized spacial score (nSPS) is 13.3. The number of hydrogen-bond donors (Lipinski definition) is 0. The molecule has 158 valence electrons. The average molecular weight is 522 g/mol. The Balaban J connectivity index is 1.26. The van der Waals surface area contributed by atoms with Gasteiger partial charge in [-0.1, -0.05) is 12.1 Å². The van der Waals surface area contributed by atoms with Crippen LogP contribution in [0.2, 0.25) is 0 Å². The molecule has 0 saturated heterocycles. The van der Waals surface area contributed by atoms with Gasteiger partial charge in [-0.15, -0.1) is 0 Å². The minimum absolute atomic E-state index is 0.191. The molecule has 1 aliphatic rings. The molecular formula is C23H25INO5+. The second-order valence-corrected chi connectivity index (χ2v) is 9.55. The van der Waals surface area contributed by atoms with Crippen molar-refractivity contribution in [2.75, 3.05) is 40.1 Å². The van der Waals surface area contributed by atoms with Gasteiger partial charge in [0.25, 0.3) is 11.8 Å². The van der Waals surface area contributed by atoms with Crippen LogP contribution in [0.4, 0.5) is 0 Å². The summed E-state index contributed by atoms with van der Waals surface area (Å²) in [5.41, 5.74) is 1.25. The van der Waals surface area contributed by atoms with E-state index < -0.39 is 0 Å². The third-order valence-corrected chi connectivity index (χ3v) is 7.13. The molecule has 0 saturated carbocycles. The van der Waals surface area contributed by atoms with Gasteiger partial charge < -0.3 is 14.2 Å². The van der Waals surface area contributed by atoms with Crippen molar-refractivity contribution in [3.63, 3.8) is 0 Å². The molecule has 2 aromatic rings. The molecule has 2 amide bonds. The van der Waals surface area contributed by atoms with Gasteiger partial charge in [0, 0.05) is 12.2 Å². The summed E-state index contributed by atoms with van der Waals surface area (Å²) in [6.07, 6.45) is 3.40. The number of amides is 2. The van der Waals surface area contributed by atoms with Crippen LogP contribution in [0.25, 0.3) is 0 Å². The summed E-state index contributed by atoms with van der Waals surface area (Å²) in [7, 11) is 1.68. The zero-order valence-electron chi connectivity index (χ0n) is 16.9. The molecule has 0 fully saturated rings. The van der Waals surface area contributed by atoms with Crippen molar-refractivity contribution >= 4 is 11.8 Å². The number of carbonyl (C=O) groups excluding carboxylic acids is 2. The summed E-state index contributed by atoms with van der Waals surface area (Å²) < 4.78 is 19.0. The number of rotatable bonds is 12. The van der Waals surface area contributed by atoms with E-state index in [0.717, 1.165) is 12.2 Å². The monoisotopic (exact) mass is 522 g/mol. The van der Waals surface area contributed by atoms with Gasteiger partial charge in [0.2, 0.25) is 0 Å².